The molecule has 2 aliphatic rings. The predicted molar refractivity (Wildman–Crippen MR) is 164 cm³/mol. The molecule has 1 aromatic heterocycles. The molecule has 1 saturated heterocycles. The molecule has 0 radical (unpaired) electrons. The van der Waals surface area contributed by atoms with Crippen LogP contribution in [0.4, 0.5) is 0 Å². The molecule has 0 bridgehead atoms. The summed E-state index contributed by atoms with van der Waals surface area (Å²) in [7, 11) is 2.15. The van der Waals surface area contributed by atoms with Crippen molar-refractivity contribution in [3.8, 4) is 0 Å². The summed E-state index contributed by atoms with van der Waals surface area (Å²) in [6.07, 6.45) is 4.69. The number of carbonyl (C=O) groups excluding carboxylic acids is 1. The molecule has 0 aliphatic carbocycles. The first-order valence-electron chi connectivity index (χ1n) is 14.8. The lowest BCUT2D eigenvalue weighted by Crippen LogP contribution is -2.47. The summed E-state index contributed by atoms with van der Waals surface area (Å²) in [5.74, 6) is 0.375. The van der Waals surface area contributed by atoms with Crippen LogP contribution >= 0.6 is 0 Å². The van der Waals surface area contributed by atoms with Crippen LogP contribution < -0.4 is 0 Å². The Morgan fingerprint density at radius 1 is 0.750 bits per heavy atom. The largest absolute Gasteiger partial charge is 0.344 e. The van der Waals surface area contributed by atoms with E-state index < -0.39 is 0 Å². The maximum Gasteiger partial charge on any atom is 0.254 e. The van der Waals surface area contributed by atoms with Crippen LogP contribution in [0.15, 0.2) is 97.1 Å². The maximum atomic E-state index is 14.2. The number of aromatic nitrogens is 1. The molecule has 0 unspecified atom stereocenters. The van der Waals surface area contributed by atoms with Gasteiger partial charge in [-0.05, 0) is 73.3 Å². The second-order valence-electron chi connectivity index (χ2n) is 11.6. The van der Waals surface area contributed by atoms with Gasteiger partial charge in [-0.2, -0.15) is 0 Å². The molecule has 0 saturated carbocycles. The molecule has 2 aliphatic heterocycles. The summed E-state index contributed by atoms with van der Waals surface area (Å²) < 4.78 is 2.29. The number of para-hydroxylation sites is 1. The average Bonchev–Trinajstić information content (AvgIpc) is 3.30. The molecule has 4 aromatic carbocycles. The minimum atomic E-state index is -0.0172. The lowest BCUT2D eigenvalue weighted by molar-refractivity contribution is 0.0574. The van der Waals surface area contributed by atoms with E-state index in [1.807, 2.05) is 12.1 Å². The van der Waals surface area contributed by atoms with Crippen LogP contribution in [0.2, 0.25) is 0 Å². The van der Waals surface area contributed by atoms with Gasteiger partial charge in [0.25, 0.3) is 5.91 Å². The van der Waals surface area contributed by atoms with Crippen LogP contribution in [0.1, 0.15) is 58.3 Å². The SMILES string of the molecule is Cn1c2ccccc2c2cc([C@@H]3[C@@H](CN4CCCCC4)c4ccccc4C(=O)N3CCc3ccccc3)ccc21. The van der Waals surface area contributed by atoms with Gasteiger partial charge in [-0.1, -0.05) is 79.2 Å². The van der Waals surface area contributed by atoms with E-state index in [-0.39, 0.29) is 17.9 Å². The third-order valence-electron chi connectivity index (χ3n) is 9.24. The van der Waals surface area contributed by atoms with Crippen molar-refractivity contribution in [2.45, 2.75) is 37.6 Å². The van der Waals surface area contributed by atoms with Gasteiger partial charge in [0.05, 0.1) is 6.04 Å². The molecular weight excluding hydrogens is 490 g/mol. The highest BCUT2D eigenvalue weighted by Crippen LogP contribution is 2.44. The van der Waals surface area contributed by atoms with Crippen molar-refractivity contribution in [2.24, 2.45) is 7.05 Å². The maximum absolute atomic E-state index is 14.2. The Labute approximate surface area is 236 Å². The Morgan fingerprint density at radius 2 is 1.48 bits per heavy atom. The highest BCUT2D eigenvalue weighted by Gasteiger charge is 2.41. The Balaban J connectivity index is 1.37. The lowest BCUT2D eigenvalue weighted by atomic mass is 9.78. The summed E-state index contributed by atoms with van der Waals surface area (Å²) in [5.41, 5.74) is 7.06. The second kappa shape index (κ2) is 10.6. The lowest BCUT2D eigenvalue weighted by Gasteiger charge is -2.45. The van der Waals surface area contributed by atoms with Crippen molar-refractivity contribution in [3.05, 3.63) is 119 Å². The summed E-state index contributed by atoms with van der Waals surface area (Å²) >= 11 is 0. The van der Waals surface area contributed by atoms with Crippen molar-refractivity contribution >= 4 is 27.7 Å². The summed E-state index contributed by atoms with van der Waals surface area (Å²) in [4.78, 5) is 19.1. The normalized spacial score (nSPS) is 19.8. The van der Waals surface area contributed by atoms with Gasteiger partial charge >= 0.3 is 0 Å². The zero-order chi connectivity index (χ0) is 27.1. The van der Waals surface area contributed by atoms with Gasteiger partial charge in [0.1, 0.15) is 0 Å². The van der Waals surface area contributed by atoms with Crippen LogP contribution in [-0.2, 0) is 13.5 Å². The zero-order valence-electron chi connectivity index (χ0n) is 23.3. The quantitative estimate of drug-likeness (QED) is 0.231. The molecule has 0 spiro atoms. The van der Waals surface area contributed by atoms with Gasteiger partial charge < -0.3 is 14.4 Å². The molecule has 5 aromatic rings. The molecule has 4 heteroatoms. The van der Waals surface area contributed by atoms with Gasteiger partial charge in [0, 0.05) is 53.4 Å². The van der Waals surface area contributed by atoms with Crippen LogP contribution in [0.25, 0.3) is 21.8 Å². The summed E-state index contributed by atoms with van der Waals surface area (Å²) in [6.45, 7) is 3.97. The van der Waals surface area contributed by atoms with E-state index in [0.29, 0.717) is 6.54 Å². The van der Waals surface area contributed by atoms with Crippen molar-refractivity contribution in [1.82, 2.24) is 14.4 Å². The average molecular weight is 528 g/mol. The third-order valence-corrected chi connectivity index (χ3v) is 9.24. The number of aryl methyl sites for hydroxylation is 1. The number of amides is 1. The molecule has 4 nitrogen and oxygen atoms in total. The molecule has 202 valence electrons. The number of rotatable bonds is 6. The van der Waals surface area contributed by atoms with Crippen LogP contribution in [-0.4, -0.2) is 46.5 Å². The standard InChI is InChI=1S/C36H37N3O/c1-37-33-17-9-8-15-29(33)31-24-27(18-19-34(31)37)35-32(25-38-21-10-3-11-22-38)28-14-6-7-16-30(28)36(40)39(35)23-20-26-12-4-2-5-13-26/h2,4-9,12-19,24,32,35H,3,10-11,20-23,25H2,1H3/t32-,35+/m0/s1. The van der Waals surface area contributed by atoms with Crippen molar-refractivity contribution in [2.75, 3.05) is 26.2 Å². The second-order valence-corrected chi connectivity index (χ2v) is 11.6. The van der Waals surface area contributed by atoms with E-state index in [4.69, 9.17) is 0 Å². The fraction of sp³-hybridized carbons (Fsp3) is 0.306. The highest BCUT2D eigenvalue weighted by atomic mass is 16.2. The van der Waals surface area contributed by atoms with Gasteiger partial charge in [-0.15, -0.1) is 0 Å². The van der Waals surface area contributed by atoms with E-state index >= 15 is 0 Å². The van der Waals surface area contributed by atoms with E-state index in [0.717, 1.165) is 31.6 Å². The molecule has 1 amide bonds. The Morgan fingerprint density at radius 3 is 2.33 bits per heavy atom. The summed E-state index contributed by atoms with van der Waals surface area (Å²) in [5, 5.41) is 2.54. The molecule has 2 atom stereocenters. The number of carbonyl (C=O) groups is 1. The van der Waals surface area contributed by atoms with Gasteiger partial charge in [-0.25, -0.2) is 0 Å². The number of likely N-dealkylation sites (tertiary alicyclic amines) is 1. The Hall–Kier alpha value is -3.89. The van der Waals surface area contributed by atoms with Crippen molar-refractivity contribution in [1.29, 1.82) is 0 Å². The van der Waals surface area contributed by atoms with Crippen LogP contribution in [0, 0.1) is 0 Å². The third kappa shape index (κ3) is 4.41. The van der Waals surface area contributed by atoms with Crippen molar-refractivity contribution < 1.29 is 4.79 Å². The van der Waals surface area contributed by atoms with Gasteiger partial charge in [-0.3, -0.25) is 4.79 Å². The van der Waals surface area contributed by atoms with Crippen molar-refractivity contribution in [3.63, 3.8) is 0 Å². The van der Waals surface area contributed by atoms with Gasteiger partial charge in [0.2, 0.25) is 0 Å². The van der Waals surface area contributed by atoms with Crippen LogP contribution in [0.3, 0.4) is 0 Å². The number of nitrogens with zero attached hydrogens (tertiary/aromatic N) is 3. The van der Waals surface area contributed by atoms with E-state index in [2.05, 4.69) is 106 Å². The molecule has 1 fully saturated rings. The van der Waals surface area contributed by atoms with E-state index in [1.165, 1.54) is 57.8 Å². The fourth-order valence-corrected chi connectivity index (χ4v) is 7.22. The first kappa shape index (κ1) is 25.1. The molecule has 0 N–H and O–H groups in total. The number of fused-ring (bicyclic) bond motifs is 4. The molecule has 7 rings (SSSR count). The van der Waals surface area contributed by atoms with Gasteiger partial charge in [0.15, 0.2) is 0 Å². The fourth-order valence-electron chi connectivity index (χ4n) is 7.22. The number of piperidine rings is 1. The van der Waals surface area contributed by atoms with E-state index in [1.54, 1.807) is 0 Å². The number of hydrogen-bond acceptors (Lipinski definition) is 2. The molecular formula is C36H37N3O. The molecule has 40 heavy (non-hydrogen) atoms. The smallest absolute Gasteiger partial charge is 0.254 e. The predicted octanol–water partition coefficient (Wildman–Crippen LogP) is 7.34. The number of hydrogen-bond donors (Lipinski definition) is 0. The van der Waals surface area contributed by atoms with Crippen LogP contribution in [0.5, 0.6) is 0 Å². The highest BCUT2D eigenvalue weighted by molar-refractivity contribution is 6.08. The minimum absolute atomic E-state index is 0.0172. The topological polar surface area (TPSA) is 28.5 Å². The monoisotopic (exact) mass is 527 g/mol. The Kier molecular flexibility index (Phi) is 6.65. The Bertz CT molecular complexity index is 1660. The van der Waals surface area contributed by atoms with E-state index in [9.17, 15) is 4.79 Å². The zero-order valence-corrected chi connectivity index (χ0v) is 23.3. The minimum Gasteiger partial charge on any atom is -0.344 e. The first-order chi connectivity index (χ1) is 19.7. The number of benzene rings is 4. The summed E-state index contributed by atoms with van der Waals surface area (Å²) in [6, 6.07) is 34.5. The first-order valence-corrected chi connectivity index (χ1v) is 14.8. The molecule has 3 heterocycles.